The number of rotatable bonds is 7. The van der Waals surface area contributed by atoms with E-state index in [1.54, 1.807) is 6.92 Å². The largest absolute Gasteiger partial charge is 0.373 e. The van der Waals surface area contributed by atoms with E-state index in [0.29, 0.717) is 11.1 Å². The molecule has 0 saturated heterocycles. The maximum atomic E-state index is 13.4. The molecular weight excluding hydrogens is 283 g/mol. The first kappa shape index (κ1) is 16.8. The number of ether oxygens (including phenoxy) is 1. The van der Waals surface area contributed by atoms with Crippen molar-refractivity contribution in [2.75, 3.05) is 13.2 Å². The summed E-state index contributed by atoms with van der Waals surface area (Å²) in [5, 5.41) is 0. The van der Waals surface area contributed by atoms with Gasteiger partial charge in [0.2, 0.25) is 0 Å². The second-order valence-corrected chi connectivity index (χ2v) is 4.30. The molecule has 0 fully saturated rings. The van der Waals surface area contributed by atoms with Crippen LogP contribution in [0.1, 0.15) is 17.2 Å². The summed E-state index contributed by atoms with van der Waals surface area (Å²) < 4.78 is 67.0. The highest BCUT2D eigenvalue weighted by Crippen LogP contribution is 2.24. The van der Waals surface area contributed by atoms with Gasteiger partial charge >= 0.3 is 12.3 Å². The Morgan fingerprint density at radius 2 is 2.00 bits per heavy atom. The number of nitrogens with two attached hydrogens (primary N) is 1. The van der Waals surface area contributed by atoms with Gasteiger partial charge in [0.25, 0.3) is 0 Å². The number of halogens is 5. The number of hydrogen-bond acceptors (Lipinski definition) is 3. The third-order valence-electron chi connectivity index (χ3n) is 2.70. The van der Waals surface area contributed by atoms with Crippen molar-refractivity contribution in [1.29, 1.82) is 0 Å². The van der Waals surface area contributed by atoms with Gasteiger partial charge in [-0.1, -0.05) is 12.1 Å². The van der Waals surface area contributed by atoms with Crippen LogP contribution in [0.4, 0.5) is 22.0 Å². The lowest BCUT2D eigenvalue weighted by Gasteiger charge is -2.20. The van der Waals surface area contributed by atoms with Gasteiger partial charge in [-0.3, -0.25) is 11.3 Å². The molecule has 0 amide bonds. The van der Waals surface area contributed by atoms with E-state index in [0.717, 1.165) is 0 Å². The minimum absolute atomic E-state index is 0.371. The van der Waals surface area contributed by atoms with Crippen LogP contribution in [-0.2, 0) is 4.74 Å². The summed E-state index contributed by atoms with van der Waals surface area (Å²) >= 11 is 0. The van der Waals surface area contributed by atoms with E-state index in [2.05, 4.69) is 10.2 Å². The highest BCUT2D eigenvalue weighted by Gasteiger charge is 2.41. The minimum atomic E-state index is -4.22. The number of alkyl halides is 4. The third kappa shape index (κ3) is 4.39. The van der Waals surface area contributed by atoms with Crippen LogP contribution in [0.2, 0.25) is 0 Å². The second kappa shape index (κ2) is 6.96. The van der Waals surface area contributed by atoms with E-state index in [1.807, 2.05) is 0 Å². The summed E-state index contributed by atoms with van der Waals surface area (Å²) in [7, 11) is 0. The maximum Gasteiger partial charge on any atom is 0.330 e. The van der Waals surface area contributed by atoms with Crippen LogP contribution < -0.4 is 11.3 Å². The van der Waals surface area contributed by atoms with Crippen molar-refractivity contribution in [2.24, 2.45) is 5.84 Å². The van der Waals surface area contributed by atoms with Crippen molar-refractivity contribution in [3.05, 3.63) is 35.1 Å². The molecule has 0 aliphatic heterocycles. The molecule has 1 aromatic carbocycles. The zero-order chi connectivity index (χ0) is 15.3. The molecule has 0 aromatic heterocycles. The zero-order valence-electron chi connectivity index (χ0n) is 10.7. The van der Waals surface area contributed by atoms with Gasteiger partial charge in [-0.15, -0.1) is 0 Å². The van der Waals surface area contributed by atoms with Gasteiger partial charge in [0, 0.05) is 0 Å². The number of hydrogen-bond donors (Lipinski definition) is 2. The molecule has 0 radical (unpaired) electrons. The van der Waals surface area contributed by atoms with Gasteiger partial charge < -0.3 is 4.74 Å². The van der Waals surface area contributed by atoms with Gasteiger partial charge in [0.05, 0.1) is 12.6 Å². The first-order valence-corrected chi connectivity index (χ1v) is 5.74. The normalized spacial score (nSPS) is 13.8. The molecule has 3 nitrogen and oxygen atoms in total. The van der Waals surface area contributed by atoms with Gasteiger partial charge in [-0.25, -0.2) is 13.2 Å². The molecule has 8 heteroatoms. The monoisotopic (exact) mass is 298 g/mol. The SMILES string of the molecule is Cc1ccc(C(COCC(F)(F)C(F)F)NN)cc1F. The van der Waals surface area contributed by atoms with Crippen LogP contribution in [0.5, 0.6) is 0 Å². The number of nitrogens with one attached hydrogen (secondary N) is 1. The van der Waals surface area contributed by atoms with E-state index in [9.17, 15) is 22.0 Å². The third-order valence-corrected chi connectivity index (χ3v) is 2.70. The summed E-state index contributed by atoms with van der Waals surface area (Å²) in [5.41, 5.74) is 3.04. The molecule has 20 heavy (non-hydrogen) atoms. The Morgan fingerprint density at radius 1 is 1.35 bits per heavy atom. The summed E-state index contributed by atoms with van der Waals surface area (Å²) in [6.45, 7) is -0.262. The van der Waals surface area contributed by atoms with E-state index < -0.39 is 30.8 Å². The Kier molecular flexibility index (Phi) is 5.85. The fourth-order valence-corrected chi connectivity index (χ4v) is 1.44. The molecule has 1 atom stereocenters. The van der Waals surface area contributed by atoms with Crippen LogP contribution in [0, 0.1) is 12.7 Å². The summed E-state index contributed by atoms with van der Waals surface area (Å²) in [6.07, 6.45) is -3.80. The molecular formula is C12H15F5N2O. The molecule has 1 unspecified atom stereocenters. The predicted octanol–water partition coefficient (Wildman–Crippen LogP) is 2.56. The smallest absolute Gasteiger partial charge is 0.330 e. The number of hydrazine groups is 1. The van der Waals surface area contributed by atoms with Crippen LogP contribution in [-0.4, -0.2) is 25.6 Å². The van der Waals surface area contributed by atoms with Gasteiger partial charge in [-0.2, -0.15) is 8.78 Å². The lowest BCUT2D eigenvalue weighted by Crippen LogP contribution is -2.36. The average molecular weight is 298 g/mol. The van der Waals surface area contributed by atoms with Crippen molar-refractivity contribution in [3.63, 3.8) is 0 Å². The van der Waals surface area contributed by atoms with E-state index in [4.69, 9.17) is 5.84 Å². The van der Waals surface area contributed by atoms with Crippen molar-refractivity contribution in [1.82, 2.24) is 5.43 Å². The van der Waals surface area contributed by atoms with E-state index >= 15 is 0 Å². The average Bonchev–Trinajstić information content (AvgIpc) is 2.38. The number of benzene rings is 1. The highest BCUT2D eigenvalue weighted by atomic mass is 19.3. The molecule has 0 aliphatic carbocycles. The van der Waals surface area contributed by atoms with Crippen molar-refractivity contribution >= 4 is 0 Å². The Balaban J connectivity index is 2.62. The lowest BCUT2D eigenvalue weighted by atomic mass is 10.1. The standard InChI is InChI=1S/C12H15F5N2O/c1-7-2-3-8(4-9(7)13)10(19-18)5-20-6-12(16,17)11(14)15/h2-4,10-11,19H,5-6,18H2,1H3. The first-order chi connectivity index (χ1) is 9.27. The molecule has 1 aromatic rings. The Morgan fingerprint density at radius 3 is 2.50 bits per heavy atom. The highest BCUT2D eigenvalue weighted by molar-refractivity contribution is 5.25. The van der Waals surface area contributed by atoms with E-state index in [-0.39, 0.29) is 6.61 Å². The molecule has 0 bridgehead atoms. The minimum Gasteiger partial charge on any atom is -0.373 e. The predicted molar refractivity (Wildman–Crippen MR) is 63.0 cm³/mol. The molecule has 0 aliphatic rings. The molecule has 114 valence electrons. The fourth-order valence-electron chi connectivity index (χ4n) is 1.44. The molecule has 0 spiro atoms. The summed E-state index contributed by atoms with van der Waals surface area (Å²) in [5.74, 6) is 0.504. The number of aryl methyl sites for hydroxylation is 1. The van der Waals surface area contributed by atoms with Crippen molar-refractivity contribution in [3.8, 4) is 0 Å². The quantitative estimate of drug-likeness (QED) is 0.462. The molecule has 0 saturated carbocycles. The molecule has 3 N–H and O–H groups in total. The second-order valence-electron chi connectivity index (χ2n) is 4.30. The lowest BCUT2D eigenvalue weighted by molar-refractivity contribution is -0.167. The van der Waals surface area contributed by atoms with Crippen molar-refractivity contribution < 1.29 is 26.7 Å². The van der Waals surface area contributed by atoms with Crippen LogP contribution >= 0.6 is 0 Å². The Labute approximate surface area is 112 Å². The Bertz CT molecular complexity index is 442. The summed E-state index contributed by atoms with van der Waals surface area (Å²) in [6, 6.07) is 3.42. The first-order valence-electron chi connectivity index (χ1n) is 5.74. The van der Waals surface area contributed by atoms with E-state index in [1.165, 1.54) is 18.2 Å². The van der Waals surface area contributed by atoms with Gasteiger partial charge in [0.1, 0.15) is 12.4 Å². The molecule has 0 heterocycles. The molecule has 1 rings (SSSR count). The topological polar surface area (TPSA) is 47.3 Å². The Hall–Kier alpha value is -1.25. The van der Waals surface area contributed by atoms with Crippen molar-refractivity contribution in [2.45, 2.75) is 25.3 Å². The fraction of sp³-hybridized carbons (Fsp3) is 0.500. The van der Waals surface area contributed by atoms with Gasteiger partial charge in [0.15, 0.2) is 0 Å². The zero-order valence-corrected chi connectivity index (χ0v) is 10.7. The van der Waals surface area contributed by atoms with Gasteiger partial charge in [-0.05, 0) is 24.1 Å². The van der Waals surface area contributed by atoms with Crippen LogP contribution in [0.15, 0.2) is 18.2 Å². The van der Waals surface area contributed by atoms with Crippen LogP contribution in [0.25, 0.3) is 0 Å². The van der Waals surface area contributed by atoms with Crippen LogP contribution in [0.3, 0.4) is 0 Å². The summed E-state index contributed by atoms with van der Waals surface area (Å²) in [4.78, 5) is 0. The maximum absolute atomic E-state index is 13.4.